The quantitative estimate of drug-likeness (QED) is 0.435. The van der Waals surface area contributed by atoms with Crippen LogP contribution in [0.25, 0.3) is 0 Å². The second-order valence-electron chi connectivity index (χ2n) is 5.37. The topological polar surface area (TPSA) is 48.1 Å². The van der Waals surface area contributed by atoms with Crippen LogP contribution in [0.5, 0.6) is 0 Å². The van der Waals surface area contributed by atoms with E-state index in [9.17, 15) is 0 Å². The van der Waals surface area contributed by atoms with Crippen LogP contribution in [0.4, 0.5) is 0 Å². The minimum Gasteiger partial charge on any atom is -0.320 e. The molecule has 1 rings (SSSR count). The molecule has 108 valence electrons. The highest BCUT2D eigenvalue weighted by Crippen LogP contribution is 2.18. The Hall–Kier alpha value is -0.160. The van der Waals surface area contributed by atoms with Crippen molar-refractivity contribution in [2.45, 2.75) is 50.6 Å². The monoisotopic (exact) mass is 256 g/mol. The maximum absolute atomic E-state index is 3.68. The van der Waals surface area contributed by atoms with Gasteiger partial charge in [0.1, 0.15) is 0 Å². The van der Waals surface area contributed by atoms with Gasteiger partial charge in [0, 0.05) is 12.1 Å². The molecule has 1 fully saturated rings. The molecule has 0 atom stereocenters. The highest BCUT2D eigenvalue weighted by Gasteiger charge is 2.19. The van der Waals surface area contributed by atoms with Crippen LogP contribution in [0.3, 0.4) is 0 Å². The third-order valence-electron chi connectivity index (χ3n) is 3.80. The van der Waals surface area contributed by atoms with Gasteiger partial charge in [-0.2, -0.15) is 0 Å². The standard InChI is InChI=1S/C14H32N4/c1-15-9-3-11-17-13-5-7-14(8-6-13)18-12-4-10-16-2/h13-18H,3-12H2,1-2H3. The normalized spacial score (nSPS) is 24.3. The second kappa shape index (κ2) is 10.7. The zero-order valence-corrected chi connectivity index (χ0v) is 12.2. The fourth-order valence-electron chi connectivity index (χ4n) is 2.64. The van der Waals surface area contributed by atoms with Crippen LogP contribution in [0.15, 0.2) is 0 Å². The van der Waals surface area contributed by atoms with Gasteiger partial charge in [0.15, 0.2) is 0 Å². The molecule has 0 aromatic rings. The van der Waals surface area contributed by atoms with Crippen LogP contribution in [0.2, 0.25) is 0 Å². The maximum atomic E-state index is 3.68. The highest BCUT2D eigenvalue weighted by molar-refractivity contribution is 4.80. The lowest BCUT2D eigenvalue weighted by Crippen LogP contribution is -2.41. The zero-order chi connectivity index (χ0) is 13.1. The predicted octanol–water partition coefficient (Wildman–Crippen LogP) is 0.696. The van der Waals surface area contributed by atoms with E-state index >= 15 is 0 Å². The summed E-state index contributed by atoms with van der Waals surface area (Å²) in [6.45, 7) is 4.56. The molecule has 4 nitrogen and oxygen atoms in total. The van der Waals surface area contributed by atoms with Gasteiger partial charge >= 0.3 is 0 Å². The smallest absolute Gasteiger partial charge is 0.00682 e. The van der Waals surface area contributed by atoms with E-state index in [0.717, 1.165) is 38.3 Å². The van der Waals surface area contributed by atoms with Crippen LogP contribution >= 0.6 is 0 Å². The number of hydrogen-bond acceptors (Lipinski definition) is 4. The highest BCUT2D eigenvalue weighted by atomic mass is 15.0. The first-order valence-electron chi connectivity index (χ1n) is 7.62. The van der Waals surface area contributed by atoms with E-state index in [1.54, 1.807) is 0 Å². The molecule has 0 saturated heterocycles. The van der Waals surface area contributed by atoms with Gasteiger partial charge in [-0.15, -0.1) is 0 Å². The van der Waals surface area contributed by atoms with Crippen molar-refractivity contribution in [3.8, 4) is 0 Å². The minimum atomic E-state index is 0.761. The molecule has 0 unspecified atom stereocenters. The first kappa shape index (κ1) is 15.9. The molecule has 1 aliphatic rings. The Morgan fingerprint density at radius 2 is 1.06 bits per heavy atom. The lowest BCUT2D eigenvalue weighted by molar-refractivity contribution is 0.306. The molecule has 1 aliphatic carbocycles. The molecule has 0 radical (unpaired) electrons. The van der Waals surface area contributed by atoms with E-state index in [-0.39, 0.29) is 0 Å². The van der Waals surface area contributed by atoms with Crippen molar-refractivity contribution in [3.63, 3.8) is 0 Å². The average molecular weight is 256 g/mol. The van der Waals surface area contributed by atoms with Crippen molar-refractivity contribution in [1.29, 1.82) is 0 Å². The van der Waals surface area contributed by atoms with Gasteiger partial charge in [-0.05, 0) is 78.8 Å². The Labute approximate surface area is 113 Å². The zero-order valence-electron chi connectivity index (χ0n) is 12.2. The lowest BCUT2D eigenvalue weighted by Gasteiger charge is -2.30. The summed E-state index contributed by atoms with van der Waals surface area (Å²) in [6.07, 6.45) is 7.82. The molecule has 0 bridgehead atoms. The second-order valence-corrected chi connectivity index (χ2v) is 5.37. The summed E-state index contributed by atoms with van der Waals surface area (Å²) < 4.78 is 0. The van der Waals surface area contributed by atoms with E-state index in [4.69, 9.17) is 0 Å². The molecule has 0 aliphatic heterocycles. The summed E-state index contributed by atoms with van der Waals surface area (Å²) in [7, 11) is 4.04. The van der Waals surface area contributed by atoms with Crippen molar-refractivity contribution >= 4 is 0 Å². The average Bonchev–Trinajstić information content (AvgIpc) is 2.41. The van der Waals surface area contributed by atoms with Gasteiger partial charge in [-0.25, -0.2) is 0 Å². The van der Waals surface area contributed by atoms with Gasteiger partial charge in [0.05, 0.1) is 0 Å². The summed E-state index contributed by atoms with van der Waals surface area (Å²) in [6, 6.07) is 1.52. The predicted molar refractivity (Wildman–Crippen MR) is 79.1 cm³/mol. The van der Waals surface area contributed by atoms with E-state index in [0.29, 0.717) is 0 Å². The minimum absolute atomic E-state index is 0.761. The summed E-state index contributed by atoms with van der Waals surface area (Å²) in [4.78, 5) is 0. The Morgan fingerprint density at radius 3 is 1.39 bits per heavy atom. The van der Waals surface area contributed by atoms with Crippen molar-refractivity contribution in [2.24, 2.45) is 0 Å². The molecule has 4 heteroatoms. The fourth-order valence-corrected chi connectivity index (χ4v) is 2.64. The van der Waals surface area contributed by atoms with Gasteiger partial charge in [-0.1, -0.05) is 0 Å². The van der Waals surface area contributed by atoms with Crippen LogP contribution in [-0.4, -0.2) is 52.4 Å². The molecular formula is C14H32N4. The van der Waals surface area contributed by atoms with E-state index < -0.39 is 0 Å². The van der Waals surface area contributed by atoms with Crippen molar-refractivity contribution in [2.75, 3.05) is 40.3 Å². The fraction of sp³-hybridized carbons (Fsp3) is 1.00. The maximum Gasteiger partial charge on any atom is 0.00682 e. The summed E-state index contributed by atoms with van der Waals surface area (Å²) in [5, 5.41) is 13.7. The largest absolute Gasteiger partial charge is 0.320 e. The molecule has 0 heterocycles. The van der Waals surface area contributed by atoms with Gasteiger partial charge in [0.2, 0.25) is 0 Å². The molecule has 0 aromatic heterocycles. The molecule has 0 aromatic carbocycles. The van der Waals surface area contributed by atoms with E-state index in [1.807, 2.05) is 14.1 Å². The molecular weight excluding hydrogens is 224 g/mol. The first-order chi connectivity index (χ1) is 8.86. The summed E-state index contributed by atoms with van der Waals surface area (Å²) >= 11 is 0. The third-order valence-corrected chi connectivity index (χ3v) is 3.80. The van der Waals surface area contributed by atoms with E-state index in [1.165, 1.54) is 38.5 Å². The Kier molecular flexibility index (Phi) is 9.48. The molecule has 18 heavy (non-hydrogen) atoms. The van der Waals surface area contributed by atoms with E-state index in [2.05, 4.69) is 21.3 Å². The van der Waals surface area contributed by atoms with Crippen LogP contribution in [-0.2, 0) is 0 Å². The Bertz CT molecular complexity index is 159. The van der Waals surface area contributed by atoms with Crippen molar-refractivity contribution in [3.05, 3.63) is 0 Å². The number of nitrogens with one attached hydrogen (secondary N) is 4. The van der Waals surface area contributed by atoms with Crippen LogP contribution in [0.1, 0.15) is 38.5 Å². The molecule has 4 N–H and O–H groups in total. The van der Waals surface area contributed by atoms with Gasteiger partial charge in [0.25, 0.3) is 0 Å². The summed E-state index contributed by atoms with van der Waals surface area (Å²) in [5.41, 5.74) is 0. The lowest BCUT2D eigenvalue weighted by atomic mass is 9.91. The van der Waals surface area contributed by atoms with Crippen molar-refractivity contribution in [1.82, 2.24) is 21.3 Å². The SMILES string of the molecule is CNCCCNC1CCC(NCCCNC)CC1. The number of hydrogen-bond donors (Lipinski definition) is 4. The molecule has 0 amide bonds. The van der Waals surface area contributed by atoms with Gasteiger partial charge < -0.3 is 21.3 Å². The van der Waals surface area contributed by atoms with Crippen LogP contribution in [0, 0.1) is 0 Å². The van der Waals surface area contributed by atoms with Crippen LogP contribution < -0.4 is 21.3 Å². The Morgan fingerprint density at radius 1 is 0.667 bits per heavy atom. The van der Waals surface area contributed by atoms with Crippen molar-refractivity contribution < 1.29 is 0 Å². The molecule has 0 spiro atoms. The number of rotatable bonds is 10. The first-order valence-corrected chi connectivity index (χ1v) is 7.62. The summed E-state index contributed by atoms with van der Waals surface area (Å²) in [5.74, 6) is 0. The Balaban J connectivity index is 1.95. The third kappa shape index (κ3) is 7.31. The molecule has 1 saturated carbocycles. The van der Waals surface area contributed by atoms with Gasteiger partial charge in [-0.3, -0.25) is 0 Å².